The predicted molar refractivity (Wildman–Crippen MR) is 105 cm³/mol. The van der Waals surface area contributed by atoms with Crippen LogP contribution < -0.4 is 0 Å². The van der Waals surface area contributed by atoms with Crippen LogP contribution in [0.25, 0.3) is 0 Å². The number of aliphatic imine (C=N–C) groups is 1. The number of hydrogen-bond acceptors (Lipinski definition) is 3. The minimum Gasteiger partial charge on any atom is -0.286 e. The minimum atomic E-state index is -4.35. The first-order chi connectivity index (χ1) is 12.8. The molecule has 142 valence electrons. The average Bonchev–Trinajstić information content (AvgIpc) is 3.09. The van der Waals surface area contributed by atoms with Crippen LogP contribution in [0, 0.1) is 0 Å². The monoisotopic (exact) mass is 476 g/mol. The normalized spacial score (nSPS) is 14.4. The molecular formula is C18H13BrClF3N2OS. The number of benzene rings is 2. The zero-order chi connectivity index (χ0) is 19.6. The first-order valence-electron chi connectivity index (χ1n) is 7.86. The van der Waals surface area contributed by atoms with E-state index in [9.17, 15) is 18.0 Å². The number of nitrogens with zero attached hydrogens (tertiary/aromatic N) is 2. The van der Waals surface area contributed by atoms with Crippen LogP contribution in [0.15, 0.2) is 51.9 Å². The Morgan fingerprint density at radius 1 is 1.22 bits per heavy atom. The molecule has 1 aliphatic heterocycles. The highest BCUT2D eigenvalue weighted by molar-refractivity contribution is 9.10. The molecule has 0 N–H and O–H groups in total. The molecule has 2 aromatic rings. The predicted octanol–water partition coefficient (Wildman–Crippen LogP) is 5.87. The van der Waals surface area contributed by atoms with E-state index in [0.29, 0.717) is 34.6 Å². The van der Waals surface area contributed by atoms with Gasteiger partial charge in [-0.05, 0) is 35.9 Å². The van der Waals surface area contributed by atoms with Crippen LogP contribution in [0.3, 0.4) is 0 Å². The second-order valence-corrected chi connectivity index (χ2v) is 7.99. The lowest BCUT2D eigenvalue weighted by atomic mass is 10.1. The summed E-state index contributed by atoms with van der Waals surface area (Å²) in [5.41, 5.74) is 0.404. The molecule has 0 fully saturated rings. The molecule has 2 aromatic carbocycles. The molecule has 0 unspecified atom stereocenters. The smallest absolute Gasteiger partial charge is 0.286 e. The second-order valence-electron chi connectivity index (χ2n) is 5.73. The Labute approximate surface area is 171 Å². The quantitative estimate of drug-likeness (QED) is 0.554. The van der Waals surface area contributed by atoms with E-state index in [-0.39, 0.29) is 5.91 Å². The highest BCUT2D eigenvalue weighted by Crippen LogP contribution is 2.30. The van der Waals surface area contributed by atoms with Gasteiger partial charge in [-0.2, -0.15) is 13.2 Å². The summed E-state index contributed by atoms with van der Waals surface area (Å²) >= 11 is 10.8. The van der Waals surface area contributed by atoms with E-state index in [4.69, 9.17) is 11.6 Å². The zero-order valence-electron chi connectivity index (χ0n) is 13.8. The van der Waals surface area contributed by atoms with Gasteiger partial charge in [0.05, 0.1) is 22.7 Å². The standard InChI is InChI=1S/C18H13BrClF3N2OS/c19-13-5-6-15(20)14(9-13)16(26)25-8-7-24-17(25)27-10-11-1-3-12(4-2-11)18(21,22)23/h1-6,9H,7-8,10H2. The van der Waals surface area contributed by atoms with Crippen molar-refractivity contribution in [3.63, 3.8) is 0 Å². The molecule has 1 amide bonds. The summed E-state index contributed by atoms with van der Waals surface area (Å²) in [4.78, 5) is 18.7. The number of amides is 1. The molecule has 0 spiro atoms. The van der Waals surface area contributed by atoms with Crippen molar-refractivity contribution in [1.82, 2.24) is 4.90 Å². The molecule has 0 atom stereocenters. The molecular weight excluding hydrogens is 465 g/mol. The van der Waals surface area contributed by atoms with E-state index in [2.05, 4.69) is 20.9 Å². The number of amidine groups is 1. The maximum absolute atomic E-state index is 12.8. The molecule has 0 saturated carbocycles. The average molecular weight is 478 g/mol. The van der Waals surface area contributed by atoms with E-state index in [1.54, 1.807) is 23.1 Å². The van der Waals surface area contributed by atoms with E-state index in [1.807, 2.05) is 0 Å². The van der Waals surface area contributed by atoms with Crippen LogP contribution >= 0.6 is 39.3 Å². The molecule has 0 aromatic heterocycles. The van der Waals surface area contributed by atoms with Gasteiger partial charge in [0.1, 0.15) is 0 Å². The van der Waals surface area contributed by atoms with Gasteiger partial charge in [0, 0.05) is 16.8 Å². The van der Waals surface area contributed by atoms with Gasteiger partial charge in [-0.25, -0.2) is 0 Å². The summed E-state index contributed by atoms with van der Waals surface area (Å²) in [6, 6.07) is 10.0. The highest BCUT2D eigenvalue weighted by Gasteiger charge is 2.30. The maximum atomic E-state index is 12.8. The largest absolute Gasteiger partial charge is 0.416 e. The molecule has 0 aliphatic carbocycles. The number of hydrogen-bond donors (Lipinski definition) is 0. The Balaban J connectivity index is 1.68. The van der Waals surface area contributed by atoms with Crippen molar-refractivity contribution in [2.45, 2.75) is 11.9 Å². The third-order valence-corrected chi connectivity index (χ3v) is 5.76. The van der Waals surface area contributed by atoms with Crippen molar-refractivity contribution in [2.24, 2.45) is 4.99 Å². The van der Waals surface area contributed by atoms with Gasteiger partial charge < -0.3 is 0 Å². The van der Waals surface area contributed by atoms with E-state index in [0.717, 1.165) is 22.2 Å². The summed E-state index contributed by atoms with van der Waals surface area (Å²) in [5.74, 6) is 0.157. The lowest BCUT2D eigenvalue weighted by Crippen LogP contribution is -2.33. The highest BCUT2D eigenvalue weighted by atomic mass is 79.9. The minimum absolute atomic E-state index is 0.252. The van der Waals surface area contributed by atoms with E-state index in [1.165, 1.54) is 23.9 Å². The van der Waals surface area contributed by atoms with Gasteiger partial charge >= 0.3 is 6.18 Å². The molecule has 27 heavy (non-hydrogen) atoms. The topological polar surface area (TPSA) is 32.7 Å². The van der Waals surface area contributed by atoms with Crippen molar-refractivity contribution in [2.75, 3.05) is 13.1 Å². The van der Waals surface area contributed by atoms with Crippen LogP contribution in [-0.4, -0.2) is 29.1 Å². The van der Waals surface area contributed by atoms with E-state index < -0.39 is 11.7 Å². The molecule has 1 aliphatic rings. The van der Waals surface area contributed by atoms with Gasteiger partial charge in [-0.15, -0.1) is 0 Å². The van der Waals surface area contributed by atoms with Crippen molar-refractivity contribution < 1.29 is 18.0 Å². The van der Waals surface area contributed by atoms with Gasteiger partial charge in [-0.3, -0.25) is 14.7 Å². The number of carbonyl (C=O) groups is 1. The third kappa shape index (κ3) is 4.86. The van der Waals surface area contributed by atoms with Crippen LogP contribution in [0.2, 0.25) is 5.02 Å². The lowest BCUT2D eigenvalue weighted by molar-refractivity contribution is -0.137. The van der Waals surface area contributed by atoms with Crippen LogP contribution in [0.5, 0.6) is 0 Å². The van der Waals surface area contributed by atoms with Crippen LogP contribution in [-0.2, 0) is 11.9 Å². The van der Waals surface area contributed by atoms with Crippen molar-refractivity contribution in [1.29, 1.82) is 0 Å². The summed E-state index contributed by atoms with van der Waals surface area (Å²) in [6.07, 6.45) is -4.35. The molecule has 0 bridgehead atoms. The number of rotatable bonds is 3. The van der Waals surface area contributed by atoms with Gasteiger partial charge in [0.15, 0.2) is 5.17 Å². The number of thioether (sulfide) groups is 1. The first kappa shape index (κ1) is 20.2. The molecule has 0 saturated heterocycles. The lowest BCUT2D eigenvalue weighted by Gasteiger charge is -2.18. The van der Waals surface area contributed by atoms with Gasteiger partial charge in [-0.1, -0.05) is 51.4 Å². The fourth-order valence-electron chi connectivity index (χ4n) is 2.48. The van der Waals surface area contributed by atoms with Crippen LogP contribution in [0.1, 0.15) is 21.5 Å². The van der Waals surface area contributed by atoms with Crippen molar-refractivity contribution >= 4 is 50.4 Å². The van der Waals surface area contributed by atoms with Crippen molar-refractivity contribution in [3.05, 3.63) is 68.7 Å². The molecule has 3 rings (SSSR count). The summed E-state index contributed by atoms with van der Waals surface area (Å²) in [6.45, 7) is 0.920. The zero-order valence-corrected chi connectivity index (χ0v) is 16.9. The van der Waals surface area contributed by atoms with Gasteiger partial charge in [0.25, 0.3) is 5.91 Å². The number of alkyl halides is 3. The fourth-order valence-corrected chi connectivity index (χ4v) is 4.04. The fraction of sp³-hybridized carbons (Fsp3) is 0.222. The third-order valence-electron chi connectivity index (χ3n) is 3.85. The Hall–Kier alpha value is -1.51. The second kappa shape index (κ2) is 8.24. The Morgan fingerprint density at radius 2 is 1.93 bits per heavy atom. The van der Waals surface area contributed by atoms with Gasteiger partial charge in [0.2, 0.25) is 0 Å². The molecule has 3 nitrogen and oxygen atoms in total. The Bertz CT molecular complexity index is 887. The van der Waals surface area contributed by atoms with Crippen LogP contribution in [0.4, 0.5) is 13.2 Å². The number of carbonyl (C=O) groups excluding carboxylic acids is 1. The van der Waals surface area contributed by atoms with E-state index >= 15 is 0 Å². The SMILES string of the molecule is O=C(c1cc(Br)ccc1Cl)N1CCN=C1SCc1ccc(C(F)(F)F)cc1. The number of halogens is 5. The Morgan fingerprint density at radius 3 is 2.59 bits per heavy atom. The maximum Gasteiger partial charge on any atom is 0.416 e. The molecule has 0 radical (unpaired) electrons. The first-order valence-corrected chi connectivity index (χ1v) is 10.0. The summed E-state index contributed by atoms with van der Waals surface area (Å²) in [5, 5.41) is 0.887. The summed E-state index contributed by atoms with van der Waals surface area (Å²) < 4.78 is 38.6. The molecule has 9 heteroatoms. The molecule has 1 heterocycles. The van der Waals surface area contributed by atoms with Crippen molar-refractivity contribution in [3.8, 4) is 0 Å². The Kier molecular flexibility index (Phi) is 6.18. The summed E-state index contributed by atoms with van der Waals surface area (Å²) in [7, 11) is 0.